The van der Waals surface area contributed by atoms with E-state index in [-0.39, 0.29) is 39.6 Å². The maximum Gasteiger partial charge on any atom is 0.114 e. The summed E-state index contributed by atoms with van der Waals surface area (Å²) in [5, 5.41) is 93.5. The van der Waals surface area contributed by atoms with Crippen molar-refractivity contribution in [3.63, 3.8) is 0 Å². The highest BCUT2D eigenvalue weighted by Crippen LogP contribution is 2.16. The third kappa shape index (κ3) is 16.7. The predicted octanol–water partition coefficient (Wildman–Crippen LogP) is -6.06. The van der Waals surface area contributed by atoms with Crippen molar-refractivity contribution in [1.82, 2.24) is 0 Å². The third-order valence-corrected chi connectivity index (χ3v) is 4.46. The molecule has 0 fully saturated rings. The summed E-state index contributed by atoms with van der Waals surface area (Å²) in [6.45, 7) is -5.35. The van der Waals surface area contributed by atoms with E-state index in [2.05, 4.69) is 0 Å². The van der Waals surface area contributed by atoms with Crippen molar-refractivity contribution in [2.24, 2.45) is 0 Å². The fourth-order valence-corrected chi connectivity index (χ4v) is 2.53. The molecule has 212 valence electrons. The van der Waals surface area contributed by atoms with Gasteiger partial charge in [0.15, 0.2) is 0 Å². The maximum atomic E-state index is 9.76. The highest BCUT2D eigenvalue weighted by molar-refractivity contribution is 4.82. The molecule has 15 nitrogen and oxygen atoms in total. The molecule has 0 aromatic rings. The quantitative estimate of drug-likeness (QED) is 0.0566. The van der Waals surface area contributed by atoms with E-state index in [0.717, 1.165) is 0 Å². The maximum absolute atomic E-state index is 9.76. The summed E-state index contributed by atoms with van der Waals surface area (Å²) in [5.74, 6) is 0. The fraction of sp³-hybridized carbons (Fsp3) is 1.00. The molecule has 0 saturated carbocycles. The van der Waals surface area contributed by atoms with Crippen molar-refractivity contribution in [3.8, 4) is 0 Å². The summed E-state index contributed by atoms with van der Waals surface area (Å²) in [7, 11) is 0. The Labute approximate surface area is 203 Å². The normalized spacial score (nSPS) is 19.0. The van der Waals surface area contributed by atoms with Crippen LogP contribution in [0.2, 0.25) is 0 Å². The SMILES string of the molecule is OCC(O)COCC(OCC(O)CO)C(OCC(O)CO)C(COCC(O)CO)OCC(O)CO. The van der Waals surface area contributed by atoms with Crippen LogP contribution >= 0.6 is 0 Å². The Morgan fingerprint density at radius 1 is 0.371 bits per heavy atom. The van der Waals surface area contributed by atoms with Crippen molar-refractivity contribution in [1.29, 1.82) is 0 Å². The van der Waals surface area contributed by atoms with Gasteiger partial charge in [0.05, 0.1) is 79.3 Å². The van der Waals surface area contributed by atoms with Crippen molar-refractivity contribution in [2.75, 3.05) is 79.3 Å². The summed E-state index contributed by atoms with van der Waals surface area (Å²) in [4.78, 5) is 0. The summed E-state index contributed by atoms with van der Waals surface area (Å²) in [6.07, 6.45) is -9.59. The lowest BCUT2D eigenvalue weighted by molar-refractivity contribution is -0.194. The zero-order chi connectivity index (χ0) is 26.6. The van der Waals surface area contributed by atoms with E-state index in [1.54, 1.807) is 0 Å². The lowest BCUT2D eigenvalue weighted by Crippen LogP contribution is -2.50. The number of aliphatic hydroxyl groups is 10. The van der Waals surface area contributed by atoms with Crippen molar-refractivity contribution >= 4 is 0 Å². The first-order valence-corrected chi connectivity index (χ1v) is 11.2. The fourth-order valence-electron chi connectivity index (χ4n) is 2.53. The standard InChI is InChI=1S/C20H42O15/c21-1-13(26)6-31-11-18(33-8-15(28)3-23)20(35-10-17(30)5-25)19(34-9-16(29)4-24)12-32-7-14(27)2-22/h13-30H,1-12H2. The molecule has 0 saturated heterocycles. The van der Waals surface area contributed by atoms with Crippen LogP contribution in [-0.2, 0) is 23.7 Å². The molecule has 10 N–H and O–H groups in total. The molecule has 15 heteroatoms. The van der Waals surface area contributed by atoms with E-state index in [4.69, 9.17) is 49.2 Å². The van der Waals surface area contributed by atoms with E-state index in [0.29, 0.717) is 0 Å². The van der Waals surface area contributed by atoms with Gasteiger partial charge in [-0.25, -0.2) is 0 Å². The molecule has 0 rings (SSSR count). The van der Waals surface area contributed by atoms with Crippen LogP contribution in [0.5, 0.6) is 0 Å². The molecule has 0 bridgehead atoms. The van der Waals surface area contributed by atoms with E-state index < -0.39 is 88.5 Å². The van der Waals surface area contributed by atoms with E-state index in [1.165, 1.54) is 0 Å². The Morgan fingerprint density at radius 3 is 0.971 bits per heavy atom. The minimum atomic E-state index is -1.29. The van der Waals surface area contributed by atoms with Gasteiger partial charge in [-0.3, -0.25) is 0 Å². The summed E-state index contributed by atoms with van der Waals surface area (Å²) < 4.78 is 27.6. The summed E-state index contributed by atoms with van der Waals surface area (Å²) in [5.41, 5.74) is 0. The Bertz CT molecular complexity index is 440. The van der Waals surface area contributed by atoms with Gasteiger partial charge >= 0.3 is 0 Å². The highest BCUT2D eigenvalue weighted by atomic mass is 16.6. The van der Waals surface area contributed by atoms with E-state index in [9.17, 15) is 25.5 Å². The zero-order valence-electron chi connectivity index (χ0n) is 19.6. The van der Waals surface area contributed by atoms with Crippen LogP contribution in [0.4, 0.5) is 0 Å². The molecule has 0 aliphatic carbocycles. The first kappa shape index (κ1) is 34.4. The largest absolute Gasteiger partial charge is 0.394 e. The van der Waals surface area contributed by atoms with Crippen molar-refractivity contribution in [3.05, 3.63) is 0 Å². The Morgan fingerprint density at radius 2 is 0.657 bits per heavy atom. The van der Waals surface area contributed by atoms with Crippen LogP contribution in [0, 0.1) is 0 Å². The molecule has 0 aliphatic rings. The van der Waals surface area contributed by atoms with Gasteiger partial charge in [-0.15, -0.1) is 0 Å². The summed E-state index contributed by atoms with van der Waals surface area (Å²) in [6, 6.07) is 0. The van der Waals surface area contributed by atoms with E-state index in [1.807, 2.05) is 0 Å². The van der Waals surface area contributed by atoms with Crippen LogP contribution in [0.15, 0.2) is 0 Å². The number of hydrogen-bond acceptors (Lipinski definition) is 15. The second-order valence-electron chi connectivity index (χ2n) is 7.80. The molecule has 0 aromatic heterocycles. The minimum absolute atomic E-state index is 0.293. The average molecular weight is 523 g/mol. The van der Waals surface area contributed by atoms with E-state index >= 15 is 0 Å². The third-order valence-electron chi connectivity index (χ3n) is 4.46. The lowest BCUT2D eigenvalue weighted by Gasteiger charge is -2.34. The van der Waals surface area contributed by atoms with Gasteiger partial charge in [0.25, 0.3) is 0 Å². The van der Waals surface area contributed by atoms with Crippen molar-refractivity contribution in [2.45, 2.75) is 48.8 Å². The topological polar surface area (TPSA) is 248 Å². The Kier molecular flexibility index (Phi) is 21.1. The monoisotopic (exact) mass is 522 g/mol. The van der Waals surface area contributed by atoms with Gasteiger partial charge in [0, 0.05) is 0 Å². The molecule has 7 atom stereocenters. The van der Waals surface area contributed by atoms with Crippen LogP contribution < -0.4 is 0 Å². The van der Waals surface area contributed by atoms with Crippen LogP contribution in [-0.4, -0.2) is 179 Å². The summed E-state index contributed by atoms with van der Waals surface area (Å²) >= 11 is 0. The molecule has 0 amide bonds. The minimum Gasteiger partial charge on any atom is -0.394 e. The Balaban J connectivity index is 5.74. The zero-order valence-corrected chi connectivity index (χ0v) is 19.6. The number of rotatable bonds is 24. The Hall–Kier alpha value is -0.600. The van der Waals surface area contributed by atoms with Gasteiger partial charge in [-0.05, 0) is 0 Å². The molecule has 35 heavy (non-hydrogen) atoms. The van der Waals surface area contributed by atoms with Crippen molar-refractivity contribution < 1.29 is 74.7 Å². The van der Waals surface area contributed by atoms with Gasteiger partial charge < -0.3 is 74.7 Å². The molecular weight excluding hydrogens is 480 g/mol. The first-order chi connectivity index (χ1) is 16.7. The molecule has 7 unspecified atom stereocenters. The van der Waals surface area contributed by atoms with Gasteiger partial charge in [-0.2, -0.15) is 0 Å². The molecule has 0 aliphatic heterocycles. The number of ether oxygens (including phenoxy) is 5. The second-order valence-corrected chi connectivity index (χ2v) is 7.80. The highest BCUT2D eigenvalue weighted by Gasteiger charge is 2.34. The van der Waals surface area contributed by atoms with Crippen LogP contribution in [0.3, 0.4) is 0 Å². The average Bonchev–Trinajstić information content (AvgIpc) is 2.87. The van der Waals surface area contributed by atoms with Gasteiger partial charge in [0.2, 0.25) is 0 Å². The second kappa shape index (κ2) is 21.5. The smallest absolute Gasteiger partial charge is 0.114 e. The number of hydrogen-bond donors (Lipinski definition) is 10. The molecular formula is C20H42O15. The molecule has 0 aromatic carbocycles. The predicted molar refractivity (Wildman–Crippen MR) is 116 cm³/mol. The van der Waals surface area contributed by atoms with Gasteiger partial charge in [-0.1, -0.05) is 0 Å². The molecule has 0 radical (unpaired) electrons. The lowest BCUT2D eigenvalue weighted by atomic mass is 10.1. The first-order valence-electron chi connectivity index (χ1n) is 11.2. The van der Waals surface area contributed by atoms with Gasteiger partial charge in [0.1, 0.15) is 48.8 Å². The molecule has 0 spiro atoms. The number of aliphatic hydroxyl groups excluding tert-OH is 10. The molecule has 0 heterocycles. The van der Waals surface area contributed by atoms with Crippen LogP contribution in [0.25, 0.3) is 0 Å². The van der Waals surface area contributed by atoms with Crippen LogP contribution in [0.1, 0.15) is 0 Å².